The minimum Gasteiger partial charge on any atom is -0.490 e. The van der Waals surface area contributed by atoms with E-state index in [-0.39, 0.29) is 0 Å². The number of aryl methyl sites for hydroxylation is 1. The molecule has 3 nitrogen and oxygen atoms in total. The van der Waals surface area contributed by atoms with Crippen molar-refractivity contribution in [3.63, 3.8) is 0 Å². The van der Waals surface area contributed by atoms with Crippen LogP contribution < -0.4 is 4.74 Å². The third-order valence-corrected chi connectivity index (χ3v) is 5.11. The van der Waals surface area contributed by atoms with Crippen LogP contribution in [0.1, 0.15) is 83.9 Å². The lowest BCUT2D eigenvalue weighted by Crippen LogP contribution is -2.15. The van der Waals surface area contributed by atoms with Crippen LogP contribution in [-0.2, 0) is 6.42 Å². The molecule has 1 aliphatic carbocycles. The smallest absolute Gasteiger partial charge is 0.155 e. The van der Waals surface area contributed by atoms with E-state index in [0.29, 0.717) is 0 Å². The first kappa shape index (κ1) is 18.2. The van der Waals surface area contributed by atoms with E-state index < -0.39 is 0 Å². The second-order valence-electron chi connectivity index (χ2n) is 7.10. The summed E-state index contributed by atoms with van der Waals surface area (Å²) in [6.45, 7) is 5.14. The minimum atomic E-state index is 0.740. The van der Waals surface area contributed by atoms with E-state index in [1.165, 1.54) is 57.8 Å². The van der Waals surface area contributed by atoms with Crippen molar-refractivity contribution in [1.29, 1.82) is 0 Å². The summed E-state index contributed by atoms with van der Waals surface area (Å²) in [5.41, 5.74) is 0. The van der Waals surface area contributed by atoms with Crippen molar-refractivity contribution in [2.24, 2.45) is 11.8 Å². The molecule has 2 rings (SSSR count). The third-order valence-electron chi connectivity index (χ3n) is 5.11. The summed E-state index contributed by atoms with van der Waals surface area (Å²) in [5.74, 6) is 3.66. The lowest BCUT2D eigenvalue weighted by molar-refractivity contribution is 0.248. The highest BCUT2D eigenvalue weighted by molar-refractivity contribution is 5.12. The molecule has 0 aliphatic heterocycles. The van der Waals surface area contributed by atoms with Gasteiger partial charge in [0, 0.05) is 6.42 Å². The zero-order chi connectivity index (χ0) is 16.3. The van der Waals surface area contributed by atoms with Gasteiger partial charge in [-0.15, -0.1) is 0 Å². The topological polar surface area (TPSA) is 35.0 Å². The first-order chi connectivity index (χ1) is 11.3. The van der Waals surface area contributed by atoms with E-state index in [9.17, 15) is 0 Å². The fourth-order valence-electron chi connectivity index (χ4n) is 3.59. The van der Waals surface area contributed by atoms with E-state index in [4.69, 9.17) is 4.74 Å². The first-order valence-electron chi connectivity index (χ1n) is 9.75. The summed E-state index contributed by atoms with van der Waals surface area (Å²) >= 11 is 0. The lowest BCUT2D eigenvalue weighted by atomic mass is 9.78. The zero-order valence-electron chi connectivity index (χ0n) is 15.1. The highest BCUT2D eigenvalue weighted by Crippen LogP contribution is 2.34. The Balaban J connectivity index is 1.63. The van der Waals surface area contributed by atoms with Gasteiger partial charge in [-0.05, 0) is 24.7 Å². The number of hydrogen-bond acceptors (Lipinski definition) is 3. The normalized spacial score (nSPS) is 21.3. The van der Waals surface area contributed by atoms with Gasteiger partial charge in [-0.1, -0.05) is 65.2 Å². The zero-order valence-corrected chi connectivity index (χ0v) is 15.1. The van der Waals surface area contributed by atoms with Crippen molar-refractivity contribution < 1.29 is 4.74 Å². The molecule has 0 atom stereocenters. The highest BCUT2D eigenvalue weighted by atomic mass is 16.5. The molecule has 1 aliphatic rings. The fourth-order valence-corrected chi connectivity index (χ4v) is 3.59. The molecule has 0 aromatic carbocycles. The summed E-state index contributed by atoms with van der Waals surface area (Å²) < 4.78 is 5.53. The first-order valence-corrected chi connectivity index (χ1v) is 9.75. The van der Waals surface area contributed by atoms with Crippen LogP contribution in [0.5, 0.6) is 5.75 Å². The van der Waals surface area contributed by atoms with E-state index in [1.807, 2.05) is 12.4 Å². The van der Waals surface area contributed by atoms with Crippen molar-refractivity contribution in [1.82, 2.24) is 9.97 Å². The number of rotatable bonds is 10. The summed E-state index contributed by atoms with van der Waals surface area (Å²) in [4.78, 5) is 8.89. The molecule has 0 amide bonds. The molecular formula is C20H34N2O. The number of aromatic nitrogens is 2. The second kappa shape index (κ2) is 10.6. The van der Waals surface area contributed by atoms with Crippen molar-refractivity contribution in [2.75, 3.05) is 6.61 Å². The van der Waals surface area contributed by atoms with E-state index in [1.54, 1.807) is 0 Å². The highest BCUT2D eigenvalue weighted by Gasteiger charge is 2.20. The van der Waals surface area contributed by atoms with Gasteiger partial charge in [-0.3, -0.25) is 0 Å². The van der Waals surface area contributed by atoms with Crippen LogP contribution in [-0.4, -0.2) is 16.6 Å². The van der Waals surface area contributed by atoms with Gasteiger partial charge in [0.1, 0.15) is 5.82 Å². The van der Waals surface area contributed by atoms with Crippen molar-refractivity contribution in [2.45, 2.75) is 84.5 Å². The van der Waals surface area contributed by atoms with Crippen LogP contribution in [0.15, 0.2) is 12.4 Å². The van der Waals surface area contributed by atoms with Crippen LogP contribution in [0, 0.1) is 11.8 Å². The van der Waals surface area contributed by atoms with E-state index in [2.05, 4.69) is 23.8 Å². The molecule has 130 valence electrons. The third kappa shape index (κ3) is 6.88. The molecule has 0 radical (unpaired) electrons. The largest absolute Gasteiger partial charge is 0.490 e. The summed E-state index contributed by atoms with van der Waals surface area (Å²) in [7, 11) is 0. The molecular weight excluding hydrogens is 284 g/mol. The SMILES string of the molecule is CCCCC[C@H]1CC[C@H](CCc2ncc(OCCC)cn2)CC1. The maximum atomic E-state index is 5.53. The average molecular weight is 319 g/mol. The fraction of sp³-hybridized carbons (Fsp3) is 0.800. The molecule has 1 aromatic heterocycles. The Kier molecular flexibility index (Phi) is 8.41. The number of ether oxygens (including phenoxy) is 1. The van der Waals surface area contributed by atoms with Gasteiger partial charge in [0.2, 0.25) is 0 Å². The Morgan fingerprint density at radius 1 is 0.913 bits per heavy atom. The van der Waals surface area contributed by atoms with Gasteiger partial charge in [-0.2, -0.15) is 0 Å². The van der Waals surface area contributed by atoms with Gasteiger partial charge < -0.3 is 4.74 Å². The van der Waals surface area contributed by atoms with Crippen molar-refractivity contribution in [3.05, 3.63) is 18.2 Å². The molecule has 1 heterocycles. The van der Waals surface area contributed by atoms with E-state index >= 15 is 0 Å². The molecule has 1 fully saturated rings. The van der Waals surface area contributed by atoms with Gasteiger partial charge in [0.15, 0.2) is 5.75 Å². The number of unbranched alkanes of at least 4 members (excludes halogenated alkanes) is 2. The number of nitrogens with zero attached hydrogens (tertiary/aromatic N) is 2. The van der Waals surface area contributed by atoms with Crippen LogP contribution >= 0.6 is 0 Å². The van der Waals surface area contributed by atoms with Gasteiger partial charge in [0.25, 0.3) is 0 Å². The van der Waals surface area contributed by atoms with Crippen LogP contribution in [0.4, 0.5) is 0 Å². The molecule has 0 unspecified atom stereocenters. The maximum absolute atomic E-state index is 5.53. The summed E-state index contributed by atoms with van der Waals surface area (Å²) in [5, 5.41) is 0. The maximum Gasteiger partial charge on any atom is 0.155 e. The Bertz CT molecular complexity index is 410. The quantitative estimate of drug-likeness (QED) is 0.528. The average Bonchev–Trinajstić information content (AvgIpc) is 2.60. The minimum absolute atomic E-state index is 0.740. The molecule has 1 saturated carbocycles. The molecule has 1 aromatic rings. The molecule has 23 heavy (non-hydrogen) atoms. The molecule has 0 spiro atoms. The Morgan fingerprint density at radius 2 is 1.57 bits per heavy atom. The standard InChI is InChI=1S/C20H34N2O/c1-3-5-6-7-17-8-10-18(11-9-17)12-13-20-21-15-19(16-22-20)23-14-4-2/h15-18H,3-14H2,1-2H3/t17-,18-. The monoisotopic (exact) mass is 318 g/mol. The Morgan fingerprint density at radius 3 is 2.17 bits per heavy atom. The predicted octanol–water partition coefficient (Wildman–Crippen LogP) is 5.58. The number of hydrogen-bond donors (Lipinski definition) is 0. The summed E-state index contributed by atoms with van der Waals surface area (Å²) in [6.07, 6.45) is 18.3. The van der Waals surface area contributed by atoms with Gasteiger partial charge in [0.05, 0.1) is 19.0 Å². The molecule has 0 saturated heterocycles. The predicted molar refractivity (Wildman–Crippen MR) is 95.7 cm³/mol. The van der Waals surface area contributed by atoms with Crippen LogP contribution in [0.2, 0.25) is 0 Å². The van der Waals surface area contributed by atoms with E-state index in [0.717, 1.165) is 42.9 Å². The van der Waals surface area contributed by atoms with Crippen LogP contribution in [0.25, 0.3) is 0 Å². The van der Waals surface area contributed by atoms with Gasteiger partial charge >= 0.3 is 0 Å². The lowest BCUT2D eigenvalue weighted by Gasteiger charge is -2.28. The van der Waals surface area contributed by atoms with Crippen LogP contribution in [0.3, 0.4) is 0 Å². The summed E-state index contributed by atoms with van der Waals surface area (Å²) in [6, 6.07) is 0. The second-order valence-corrected chi connectivity index (χ2v) is 7.10. The Hall–Kier alpha value is -1.12. The molecule has 0 N–H and O–H groups in total. The molecule has 0 bridgehead atoms. The Labute approximate surface area is 142 Å². The van der Waals surface area contributed by atoms with Gasteiger partial charge in [-0.25, -0.2) is 9.97 Å². The van der Waals surface area contributed by atoms with Crippen molar-refractivity contribution in [3.8, 4) is 5.75 Å². The molecule has 3 heteroatoms. The van der Waals surface area contributed by atoms with Crippen molar-refractivity contribution >= 4 is 0 Å².